The molecule has 146 valence electrons. The Morgan fingerprint density at radius 2 is 1.85 bits per heavy atom. The van der Waals surface area contributed by atoms with Gasteiger partial charge in [0, 0.05) is 5.75 Å². The Morgan fingerprint density at radius 1 is 1.15 bits per heavy atom. The lowest BCUT2D eigenvalue weighted by Crippen LogP contribution is -2.50. The van der Waals surface area contributed by atoms with Gasteiger partial charge in [0.25, 0.3) is 0 Å². The van der Waals surface area contributed by atoms with Gasteiger partial charge in [-0.2, -0.15) is 0 Å². The maximum atomic E-state index is 12.5. The predicted molar refractivity (Wildman–Crippen MR) is 98.5 cm³/mol. The first-order valence-corrected chi connectivity index (χ1v) is 9.83. The Kier molecular flexibility index (Phi) is 7.12. The smallest absolute Gasteiger partial charge is 0.339 e. The highest BCUT2D eigenvalue weighted by atomic mass is 32.2. The van der Waals surface area contributed by atoms with E-state index in [-0.39, 0.29) is 30.0 Å². The van der Waals surface area contributed by atoms with Gasteiger partial charge in [-0.25, -0.2) is 14.4 Å². The molecule has 0 aliphatic carbocycles. The van der Waals surface area contributed by atoms with Crippen molar-refractivity contribution in [1.29, 1.82) is 0 Å². The van der Waals surface area contributed by atoms with Crippen molar-refractivity contribution in [3.8, 4) is 0 Å². The summed E-state index contributed by atoms with van der Waals surface area (Å²) in [6, 6.07) is 5.37. The maximum Gasteiger partial charge on any atom is 0.339 e. The summed E-state index contributed by atoms with van der Waals surface area (Å²) in [5.74, 6) is -0.929. The van der Waals surface area contributed by atoms with Gasteiger partial charge in [0.05, 0.1) is 45.2 Å². The van der Waals surface area contributed by atoms with Crippen molar-refractivity contribution in [2.24, 2.45) is 0 Å². The molecule has 2 N–H and O–H groups in total. The SMILES string of the molecule is CCOC(=O)C1=C(COC(=O)c2ccccc2[S@](=O)CC)NC(=O)N[C@H]1C. The fraction of sp³-hybridized carbons (Fsp3) is 0.389. The first kappa shape index (κ1) is 20.6. The van der Waals surface area contributed by atoms with Crippen LogP contribution in [0.5, 0.6) is 0 Å². The molecule has 0 fully saturated rings. The number of urea groups is 1. The number of hydrogen-bond donors (Lipinski definition) is 2. The van der Waals surface area contributed by atoms with Crippen LogP contribution in [0.15, 0.2) is 40.4 Å². The molecule has 8 nitrogen and oxygen atoms in total. The monoisotopic (exact) mass is 394 g/mol. The summed E-state index contributed by atoms with van der Waals surface area (Å²) in [5.41, 5.74) is 0.533. The molecule has 0 bridgehead atoms. The van der Waals surface area contributed by atoms with Crippen molar-refractivity contribution in [2.45, 2.75) is 31.7 Å². The molecule has 0 saturated heterocycles. The summed E-state index contributed by atoms with van der Waals surface area (Å²) >= 11 is 0. The Morgan fingerprint density at radius 3 is 2.52 bits per heavy atom. The number of carbonyl (C=O) groups excluding carboxylic acids is 3. The Balaban J connectivity index is 2.24. The van der Waals surface area contributed by atoms with Crippen molar-refractivity contribution in [2.75, 3.05) is 19.0 Å². The minimum atomic E-state index is -1.33. The molecule has 2 amide bonds. The number of esters is 2. The van der Waals surface area contributed by atoms with Crippen LogP contribution < -0.4 is 10.6 Å². The number of rotatable bonds is 7. The molecule has 0 aromatic heterocycles. The largest absolute Gasteiger partial charge is 0.463 e. The van der Waals surface area contributed by atoms with E-state index in [1.54, 1.807) is 39.0 Å². The fourth-order valence-corrected chi connectivity index (χ4v) is 3.54. The highest BCUT2D eigenvalue weighted by Gasteiger charge is 2.30. The van der Waals surface area contributed by atoms with Gasteiger partial charge in [-0.05, 0) is 26.0 Å². The van der Waals surface area contributed by atoms with E-state index in [1.165, 1.54) is 6.07 Å². The van der Waals surface area contributed by atoms with Gasteiger partial charge in [-0.15, -0.1) is 0 Å². The number of ether oxygens (including phenoxy) is 2. The average Bonchev–Trinajstić information content (AvgIpc) is 2.65. The first-order valence-electron chi connectivity index (χ1n) is 8.51. The molecule has 1 aliphatic heterocycles. The molecule has 1 heterocycles. The van der Waals surface area contributed by atoms with Gasteiger partial charge >= 0.3 is 18.0 Å². The maximum absolute atomic E-state index is 12.5. The molecule has 27 heavy (non-hydrogen) atoms. The van der Waals surface area contributed by atoms with E-state index in [1.807, 2.05) is 0 Å². The Hall–Kier alpha value is -2.68. The fourth-order valence-electron chi connectivity index (χ4n) is 2.60. The molecule has 1 aliphatic rings. The third-order valence-corrected chi connectivity index (χ3v) is 5.20. The lowest BCUT2D eigenvalue weighted by Gasteiger charge is -2.26. The second kappa shape index (κ2) is 9.31. The minimum Gasteiger partial charge on any atom is -0.463 e. The molecular formula is C18H22N2O6S. The predicted octanol–water partition coefficient (Wildman–Crippen LogP) is 1.49. The van der Waals surface area contributed by atoms with E-state index < -0.39 is 34.8 Å². The molecule has 1 aromatic carbocycles. The number of carbonyl (C=O) groups is 3. The van der Waals surface area contributed by atoms with Crippen LogP contribution in [-0.4, -0.2) is 47.2 Å². The van der Waals surface area contributed by atoms with Gasteiger partial charge in [-0.3, -0.25) is 4.21 Å². The molecule has 1 aromatic rings. The average molecular weight is 394 g/mol. The van der Waals surface area contributed by atoms with Crippen molar-refractivity contribution < 1.29 is 28.1 Å². The molecule has 2 atom stereocenters. The summed E-state index contributed by atoms with van der Waals surface area (Å²) in [6.45, 7) is 4.90. The van der Waals surface area contributed by atoms with Gasteiger partial charge in [-0.1, -0.05) is 19.1 Å². The van der Waals surface area contributed by atoms with Crippen LogP contribution in [0.2, 0.25) is 0 Å². The molecule has 0 radical (unpaired) electrons. The zero-order valence-corrected chi connectivity index (χ0v) is 16.2. The molecular weight excluding hydrogens is 372 g/mol. The summed E-state index contributed by atoms with van der Waals surface area (Å²) in [7, 11) is -1.33. The molecule has 9 heteroatoms. The number of hydrogen-bond acceptors (Lipinski definition) is 6. The van der Waals surface area contributed by atoms with Crippen molar-refractivity contribution in [3.05, 3.63) is 41.1 Å². The van der Waals surface area contributed by atoms with E-state index in [9.17, 15) is 18.6 Å². The second-order valence-corrected chi connectivity index (χ2v) is 7.35. The lowest BCUT2D eigenvalue weighted by atomic mass is 10.0. The molecule has 0 unspecified atom stereocenters. The number of amides is 2. The summed E-state index contributed by atoms with van der Waals surface area (Å²) in [5, 5.41) is 5.04. The molecule has 0 spiro atoms. The second-order valence-electron chi connectivity index (χ2n) is 5.64. The topological polar surface area (TPSA) is 111 Å². The van der Waals surface area contributed by atoms with Crippen LogP contribution in [0.25, 0.3) is 0 Å². The van der Waals surface area contributed by atoms with Gasteiger partial charge < -0.3 is 20.1 Å². The standard InChI is InChI=1S/C18H22N2O6S/c1-4-25-17(22)15-11(3)19-18(23)20-13(15)10-26-16(21)12-8-6-7-9-14(12)27(24)5-2/h6-9,11H,4-5,10H2,1-3H3,(H2,19,20,23)/t11-,27+/m0/s1. The Bertz CT molecular complexity index is 805. The Labute approximate surface area is 159 Å². The highest BCUT2D eigenvalue weighted by molar-refractivity contribution is 7.85. The zero-order valence-electron chi connectivity index (χ0n) is 15.4. The highest BCUT2D eigenvalue weighted by Crippen LogP contribution is 2.18. The van der Waals surface area contributed by atoms with Gasteiger partial charge in [0.15, 0.2) is 0 Å². The van der Waals surface area contributed by atoms with E-state index in [4.69, 9.17) is 9.47 Å². The molecule has 2 rings (SSSR count). The van der Waals surface area contributed by atoms with E-state index in [0.29, 0.717) is 10.6 Å². The normalized spacial score (nSPS) is 17.6. The van der Waals surface area contributed by atoms with Crippen LogP contribution in [0.3, 0.4) is 0 Å². The van der Waals surface area contributed by atoms with Crippen LogP contribution in [0, 0.1) is 0 Å². The van der Waals surface area contributed by atoms with E-state index in [2.05, 4.69) is 10.6 Å². The van der Waals surface area contributed by atoms with Gasteiger partial charge in [0.2, 0.25) is 0 Å². The number of nitrogens with one attached hydrogen (secondary N) is 2. The third-order valence-electron chi connectivity index (χ3n) is 3.83. The summed E-state index contributed by atoms with van der Waals surface area (Å²) in [4.78, 5) is 36.7. The van der Waals surface area contributed by atoms with Crippen LogP contribution in [0.4, 0.5) is 4.79 Å². The third kappa shape index (κ3) is 4.94. The lowest BCUT2D eigenvalue weighted by molar-refractivity contribution is -0.139. The van der Waals surface area contributed by atoms with E-state index in [0.717, 1.165) is 0 Å². The number of benzene rings is 1. The van der Waals surface area contributed by atoms with Crippen LogP contribution in [-0.2, 0) is 25.1 Å². The van der Waals surface area contributed by atoms with Crippen molar-refractivity contribution in [3.63, 3.8) is 0 Å². The minimum absolute atomic E-state index is 0.159. The van der Waals surface area contributed by atoms with Gasteiger partial charge in [0.1, 0.15) is 6.61 Å². The van der Waals surface area contributed by atoms with Crippen LogP contribution in [0.1, 0.15) is 31.1 Å². The first-order chi connectivity index (χ1) is 12.9. The molecule has 0 saturated carbocycles. The summed E-state index contributed by atoms with van der Waals surface area (Å²) < 4.78 is 22.4. The quantitative estimate of drug-likeness (QED) is 0.678. The van der Waals surface area contributed by atoms with Crippen molar-refractivity contribution in [1.82, 2.24) is 10.6 Å². The summed E-state index contributed by atoms with van der Waals surface area (Å²) in [6.07, 6.45) is 0. The van der Waals surface area contributed by atoms with Crippen LogP contribution >= 0.6 is 0 Å². The van der Waals surface area contributed by atoms with Crippen molar-refractivity contribution >= 4 is 28.8 Å². The zero-order chi connectivity index (χ0) is 20.0. The van der Waals surface area contributed by atoms with E-state index >= 15 is 0 Å².